The number of benzene rings is 1. The molecule has 1 aliphatic rings. The standard InChI is InChI=1S/C19H23ClN4O2S/c1-22-7-9-24(10-8-22)18(26)12-23(2)17(25)11-14-13-27-19(21-14)15-5-3-4-6-16(15)20/h3-6,13H,7-12H2,1-2H3. The van der Waals surface area contributed by atoms with Gasteiger partial charge in [0.2, 0.25) is 11.8 Å². The molecule has 0 saturated carbocycles. The first kappa shape index (κ1) is 19.8. The Kier molecular flexibility index (Phi) is 6.46. The van der Waals surface area contributed by atoms with Gasteiger partial charge in [0, 0.05) is 44.2 Å². The van der Waals surface area contributed by atoms with Crippen LogP contribution in [-0.2, 0) is 16.0 Å². The van der Waals surface area contributed by atoms with Crippen LogP contribution in [0.15, 0.2) is 29.6 Å². The molecule has 0 N–H and O–H groups in total. The average molecular weight is 407 g/mol. The quantitative estimate of drug-likeness (QED) is 0.764. The summed E-state index contributed by atoms with van der Waals surface area (Å²) in [5.41, 5.74) is 1.56. The minimum absolute atomic E-state index is 0.00557. The second kappa shape index (κ2) is 8.82. The highest BCUT2D eigenvalue weighted by Crippen LogP contribution is 2.30. The molecule has 8 heteroatoms. The topological polar surface area (TPSA) is 56.8 Å². The minimum Gasteiger partial charge on any atom is -0.339 e. The zero-order valence-corrected chi connectivity index (χ0v) is 17.1. The van der Waals surface area contributed by atoms with Crippen LogP contribution < -0.4 is 0 Å². The second-order valence-corrected chi connectivity index (χ2v) is 8.00. The van der Waals surface area contributed by atoms with E-state index in [1.54, 1.807) is 7.05 Å². The summed E-state index contributed by atoms with van der Waals surface area (Å²) < 4.78 is 0. The Morgan fingerprint density at radius 2 is 1.93 bits per heavy atom. The molecule has 0 radical (unpaired) electrons. The van der Waals surface area contributed by atoms with Gasteiger partial charge in [-0.05, 0) is 13.1 Å². The smallest absolute Gasteiger partial charge is 0.242 e. The number of rotatable bonds is 5. The van der Waals surface area contributed by atoms with E-state index in [1.165, 1.54) is 16.2 Å². The van der Waals surface area contributed by atoms with Crippen LogP contribution >= 0.6 is 22.9 Å². The van der Waals surface area contributed by atoms with Gasteiger partial charge in [-0.15, -0.1) is 11.3 Å². The first-order valence-corrected chi connectivity index (χ1v) is 10.1. The summed E-state index contributed by atoms with van der Waals surface area (Å²) in [7, 11) is 3.71. The number of amides is 2. The third-order valence-corrected chi connectivity index (χ3v) is 5.90. The molecule has 1 aromatic heterocycles. The monoisotopic (exact) mass is 406 g/mol. The largest absolute Gasteiger partial charge is 0.339 e. The molecule has 1 fully saturated rings. The lowest BCUT2D eigenvalue weighted by Gasteiger charge is -2.33. The fourth-order valence-electron chi connectivity index (χ4n) is 2.88. The van der Waals surface area contributed by atoms with E-state index in [2.05, 4.69) is 9.88 Å². The molecule has 6 nitrogen and oxygen atoms in total. The highest BCUT2D eigenvalue weighted by atomic mass is 35.5. The van der Waals surface area contributed by atoms with Crippen LogP contribution in [0.5, 0.6) is 0 Å². The Morgan fingerprint density at radius 3 is 2.63 bits per heavy atom. The Hall–Kier alpha value is -1.96. The number of piperazine rings is 1. The van der Waals surface area contributed by atoms with Gasteiger partial charge >= 0.3 is 0 Å². The van der Waals surface area contributed by atoms with E-state index >= 15 is 0 Å². The summed E-state index contributed by atoms with van der Waals surface area (Å²) in [5.74, 6) is -0.123. The predicted molar refractivity (Wildman–Crippen MR) is 108 cm³/mol. The maximum absolute atomic E-state index is 12.5. The van der Waals surface area contributed by atoms with Gasteiger partial charge in [0.1, 0.15) is 5.01 Å². The Labute approximate surface area is 168 Å². The molecule has 0 aliphatic carbocycles. The number of hydrogen-bond acceptors (Lipinski definition) is 5. The Bertz CT molecular complexity index is 818. The lowest BCUT2D eigenvalue weighted by Crippen LogP contribution is -2.50. The number of hydrogen-bond donors (Lipinski definition) is 0. The van der Waals surface area contributed by atoms with E-state index in [1.807, 2.05) is 41.6 Å². The molecule has 0 atom stereocenters. The lowest BCUT2D eigenvalue weighted by molar-refractivity contribution is -0.140. The zero-order valence-electron chi connectivity index (χ0n) is 15.5. The van der Waals surface area contributed by atoms with Crippen LogP contribution in [0.25, 0.3) is 10.6 Å². The van der Waals surface area contributed by atoms with Crippen molar-refractivity contribution < 1.29 is 9.59 Å². The molecule has 0 unspecified atom stereocenters. The van der Waals surface area contributed by atoms with Gasteiger partial charge in [0.05, 0.1) is 23.7 Å². The fourth-order valence-corrected chi connectivity index (χ4v) is 4.02. The molecule has 1 aliphatic heterocycles. The van der Waals surface area contributed by atoms with Crippen molar-refractivity contribution in [3.05, 3.63) is 40.4 Å². The molecule has 144 valence electrons. The van der Waals surface area contributed by atoms with Gasteiger partial charge in [0.25, 0.3) is 0 Å². The van der Waals surface area contributed by atoms with Crippen LogP contribution in [-0.4, -0.2) is 78.3 Å². The minimum atomic E-state index is -0.117. The summed E-state index contributed by atoms with van der Waals surface area (Å²) in [4.78, 5) is 34.9. The van der Waals surface area contributed by atoms with Crippen molar-refractivity contribution in [2.75, 3.05) is 46.8 Å². The van der Waals surface area contributed by atoms with Crippen molar-refractivity contribution in [1.82, 2.24) is 19.7 Å². The molecule has 1 saturated heterocycles. The van der Waals surface area contributed by atoms with Crippen LogP contribution in [0, 0.1) is 0 Å². The van der Waals surface area contributed by atoms with Gasteiger partial charge < -0.3 is 14.7 Å². The van der Waals surface area contributed by atoms with Crippen LogP contribution in [0.4, 0.5) is 0 Å². The van der Waals surface area contributed by atoms with Gasteiger partial charge in [-0.3, -0.25) is 9.59 Å². The number of carbonyl (C=O) groups is 2. The van der Waals surface area contributed by atoms with Crippen molar-refractivity contribution in [2.24, 2.45) is 0 Å². The van der Waals surface area contributed by atoms with Crippen molar-refractivity contribution >= 4 is 34.8 Å². The van der Waals surface area contributed by atoms with Crippen molar-refractivity contribution in [2.45, 2.75) is 6.42 Å². The van der Waals surface area contributed by atoms with Gasteiger partial charge in [-0.2, -0.15) is 0 Å². The molecular weight excluding hydrogens is 384 g/mol. The number of halogens is 1. The number of carbonyl (C=O) groups excluding carboxylic acids is 2. The third kappa shape index (κ3) is 5.06. The molecule has 0 bridgehead atoms. The zero-order chi connectivity index (χ0) is 19.4. The Morgan fingerprint density at radius 1 is 1.22 bits per heavy atom. The van der Waals surface area contributed by atoms with E-state index in [-0.39, 0.29) is 24.8 Å². The Balaban J connectivity index is 1.56. The van der Waals surface area contributed by atoms with Crippen molar-refractivity contribution in [3.8, 4) is 10.6 Å². The molecule has 2 heterocycles. The second-order valence-electron chi connectivity index (χ2n) is 6.73. The number of aromatic nitrogens is 1. The van der Waals surface area contributed by atoms with Gasteiger partial charge in [-0.25, -0.2) is 4.98 Å². The van der Waals surface area contributed by atoms with Crippen LogP contribution in [0.1, 0.15) is 5.69 Å². The van der Waals surface area contributed by atoms with E-state index < -0.39 is 0 Å². The summed E-state index contributed by atoms with van der Waals surface area (Å²) in [6.07, 6.45) is 0.174. The van der Waals surface area contributed by atoms with Gasteiger partial charge in [-0.1, -0.05) is 29.8 Å². The predicted octanol–water partition coefficient (Wildman–Crippen LogP) is 2.24. The third-order valence-electron chi connectivity index (χ3n) is 4.64. The number of likely N-dealkylation sites (N-methyl/N-ethyl adjacent to an activating group) is 2. The molecule has 2 aromatic rings. The summed E-state index contributed by atoms with van der Waals surface area (Å²) in [5, 5.41) is 3.30. The highest BCUT2D eigenvalue weighted by molar-refractivity contribution is 7.13. The molecule has 27 heavy (non-hydrogen) atoms. The molecular formula is C19H23ClN4O2S. The van der Waals surface area contributed by atoms with E-state index in [0.29, 0.717) is 23.8 Å². The maximum Gasteiger partial charge on any atom is 0.242 e. The summed E-state index contributed by atoms with van der Waals surface area (Å²) in [6, 6.07) is 7.51. The first-order valence-electron chi connectivity index (χ1n) is 8.83. The number of thiazole rings is 1. The summed E-state index contributed by atoms with van der Waals surface area (Å²) in [6.45, 7) is 3.26. The molecule has 1 aromatic carbocycles. The average Bonchev–Trinajstić information content (AvgIpc) is 3.10. The molecule has 3 rings (SSSR count). The lowest BCUT2D eigenvalue weighted by atomic mass is 10.2. The SMILES string of the molecule is CN1CCN(C(=O)CN(C)C(=O)Cc2csc(-c3ccccc3Cl)n2)CC1. The highest BCUT2D eigenvalue weighted by Gasteiger charge is 2.22. The molecule has 0 spiro atoms. The fraction of sp³-hybridized carbons (Fsp3) is 0.421. The van der Waals surface area contributed by atoms with E-state index in [9.17, 15) is 9.59 Å². The first-order chi connectivity index (χ1) is 12.9. The normalized spacial score (nSPS) is 15.0. The van der Waals surface area contributed by atoms with E-state index in [4.69, 9.17) is 11.6 Å². The van der Waals surface area contributed by atoms with Crippen LogP contribution in [0.3, 0.4) is 0 Å². The molecule has 2 amide bonds. The van der Waals surface area contributed by atoms with Crippen LogP contribution in [0.2, 0.25) is 5.02 Å². The summed E-state index contributed by atoms with van der Waals surface area (Å²) >= 11 is 7.67. The van der Waals surface area contributed by atoms with E-state index in [0.717, 1.165) is 23.7 Å². The van der Waals surface area contributed by atoms with Crippen molar-refractivity contribution in [3.63, 3.8) is 0 Å². The maximum atomic E-state index is 12.5. The number of nitrogens with zero attached hydrogens (tertiary/aromatic N) is 4. The van der Waals surface area contributed by atoms with Crippen molar-refractivity contribution in [1.29, 1.82) is 0 Å². The van der Waals surface area contributed by atoms with Gasteiger partial charge in [0.15, 0.2) is 0 Å².